The molecule has 21 N–H and O–H groups in total. The van der Waals surface area contributed by atoms with Gasteiger partial charge in [0.05, 0.1) is 25.6 Å². The average molecular weight is 1190 g/mol. The molecule has 32 heteroatoms. The molecule has 0 aromatic heterocycles. The number of unbranched alkanes of at least 4 members (excludes halogenated alkanes) is 2. The maximum atomic E-state index is 14.4. The monoisotopic (exact) mass is 1190 g/mol. The molecule has 1 saturated heterocycles. The topological polar surface area (TPSA) is 484 Å². The third kappa shape index (κ3) is 29.0. The van der Waals surface area contributed by atoms with Gasteiger partial charge in [-0.15, -0.1) is 0 Å². The molecule has 454 valence electrons. The first-order valence-electron chi connectivity index (χ1n) is 26.3. The van der Waals surface area contributed by atoms with E-state index in [1.54, 1.807) is 26.4 Å². The Kier molecular flexibility index (Phi) is 35.5. The van der Waals surface area contributed by atoms with Crippen molar-refractivity contribution in [2.75, 3.05) is 61.7 Å². The van der Waals surface area contributed by atoms with Gasteiger partial charge in [-0.25, -0.2) is 0 Å². The lowest BCUT2D eigenvalue weighted by Crippen LogP contribution is -2.60. The van der Waals surface area contributed by atoms with Crippen LogP contribution in [0, 0.1) is 5.92 Å². The number of hydrogen-bond donors (Lipinski definition) is 16. The highest BCUT2D eigenvalue weighted by Crippen LogP contribution is 2.12. The van der Waals surface area contributed by atoms with Crippen molar-refractivity contribution in [1.29, 1.82) is 0 Å². The Morgan fingerprint density at radius 2 is 1.15 bits per heavy atom. The number of nitrogens with one attached hydrogen (secondary N) is 11. The number of thioether (sulfide) groups is 3. The second-order valence-electron chi connectivity index (χ2n) is 19.4. The van der Waals surface area contributed by atoms with Crippen molar-refractivity contribution < 1.29 is 62.3 Å². The second kappa shape index (κ2) is 39.4. The van der Waals surface area contributed by atoms with Gasteiger partial charge in [0.2, 0.25) is 76.8 Å². The molecule has 0 spiro atoms. The van der Waals surface area contributed by atoms with Gasteiger partial charge < -0.3 is 87.2 Å². The van der Waals surface area contributed by atoms with Crippen LogP contribution in [-0.4, -0.2) is 199 Å². The summed E-state index contributed by atoms with van der Waals surface area (Å²) in [6.07, 6.45) is 4.94. The Morgan fingerprint density at radius 3 is 1.71 bits per heavy atom. The molecule has 0 aliphatic carbocycles. The van der Waals surface area contributed by atoms with Crippen molar-refractivity contribution in [1.82, 2.24) is 58.5 Å². The minimum atomic E-state index is -1.78. The van der Waals surface area contributed by atoms with Gasteiger partial charge in [0, 0.05) is 11.5 Å². The van der Waals surface area contributed by atoms with Crippen molar-refractivity contribution >= 4 is 112 Å². The molecule has 10 atom stereocenters. The number of amides is 13. The smallest absolute Gasteiger partial charge is 0.244 e. The van der Waals surface area contributed by atoms with Crippen LogP contribution >= 0.6 is 35.3 Å². The predicted molar refractivity (Wildman–Crippen MR) is 304 cm³/mol. The maximum absolute atomic E-state index is 14.4. The van der Waals surface area contributed by atoms with Crippen LogP contribution in [0.25, 0.3) is 0 Å². The van der Waals surface area contributed by atoms with Crippen LogP contribution in [0.2, 0.25) is 0 Å². The van der Waals surface area contributed by atoms with Gasteiger partial charge in [0.25, 0.3) is 0 Å². The molecule has 0 bridgehead atoms. The second-order valence-corrected chi connectivity index (χ2v) is 22.5. The zero-order valence-electron chi connectivity index (χ0n) is 46.5. The van der Waals surface area contributed by atoms with Gasteiger partial charge in [0.1, 0.15) is 54.4 Å². The van der Waals surface area contributed by atoms with Crippen LogP contribution < -0.4 is 87.2 Å². The number of primary amides is 2. The minimum absolute atomic E-state index is 0.0181. The lowest BCUT2D eigenvalue weighted by Gasteiger charge is -2.27. The molecule has 13 amide bonds. The lowest BCUT2D eigenvalue weighted by molar-refractivity contribution is -0.135. The molecule has 0 aromatic rings. The Hall–Kier alpha value is -5.96. The van der Waals surface area contributed by atoms with E-state index in [2.05, 4.69) is 58.5 Å². The summed E-state index contributed by atoms with van der Waals surface area (Å²) in [5.74, 6) is -11.8. The first-order chi connectivity index (χ1) is 37.8. The third-order valence-electron chi connectivity index (χ3n) is 11.9. The average Bonchev–Trinajstić information content (AvgIpc) is 3.39. The van der Waals surface area contributed by atoms with Crippen LogP contribution in [0.4, 0.5) is 0 Å². The molecule has 0 unspecified atom stereocenters. The molecule has 0 radical (unpaired) electrons. The summed E-state index contributed by atoms with van der Waals surface area (Å²) in [7, 11) is 0. The Morgan fingerprint density at radius 1 is 0.613 bits per heavy atom. The van der Waals surface area contributed by atoms with E-state index >= 15 is 0 Å². The molecular formula is C48H86N16O13S3. The zero-order chi connectivity index (χ0) is 60.5. The summed E-state index contributed by atoms with van der Waals surface area (Å²) in [4.78, 5) is 175. The quantitative estimate of drug-likeness (QED) is 0.0310. The summed E-state index contributed by atoms with van der Waals surface area (Å²) < 4.78 is 0. The molecular weight excluding hydrogens is 1100 g/mol. The van der Waals surface area contributed by atoms with Crippen LogP contribution in [0.5, 0.6) is 0 Å². The number of nitrogens with two attached hydrogens (primary N) is 5. The van der Waals surface area contributed by atoms with Crippen molar-refractivity contribution in [2.45, 2.75) is 152 Å². The van der Waals surface area contributed by atoms with Crippen molar-refractivity contribution in [3.05, 3.63) is 0 Å². The number of carbonyl (C=O) groups is 13. The highest BCUT2D eigenvalue weighted by molar-refractivity contribution is 7.99. The number of carbonyl (C=O) groups excluding carboxylic acids is 13. The number of rotatable bonds is 29. The van der Waals surface area contributed by atoms with Gasteiger partial charge in [-0.05, 0) is 115 Å². The van der Waals surface area contributed by atoms with E-state index in [4.69, 9.17) is 28.7 Å². The van der Waals surface area contributed by atoms with Crippen LogP contribution in [0.3, 0.4) is 0 Å². The van der Waals surface area contributed by atoms with Gasteiger partial charge in [-0.2, -0.15) is 35.3 Å². The van der Waals surface area contributed by atoms with E-state index in [1.807, 2.05) is 0 Å². The first kappa shape index (κ1) is 72.1. The maximum Gasteiger partial charge on any atom is 0.244 e. The van der Waals surface area contributed by atoms with E-state index in [-0.39, 0.29) is 44.6 Å². The van der Waals surface area contributed by atoms with E-state index in [1.165, 1.54) is 37.4 Å². The fourth-order valence-corrected chi connectivity index (χ4v) is 9.50. The highest BCUT2D eigenvalue weighted by Gasteiger charge is 2.35. The zero-order valence-corrected chi connectivity index (χ0v) is 48.9. The van der Waals surface area contributed by atoms with E-state index in [0.29, 0.717) is 43.7 Å². The Bertz CT molecular complexity index is 2110. The normalized spacial score (nSPS) is 21.1. The molecule has 0 saturated carbocycles. The SMILES string of the molecule is CSCC[C@@H]1NC(=O)[C@H](CC(C)C)NC(=O)[C@H](C)NC(=O)CNC(=O)[C@H](NC(=O)[C@H](CCCCN)NC(=O)[C@H](C)N)CSC[C@@H](C(=O)N[C@@H](CC(N)=O)C(=O)N[C@@H](CCSC)C(=O)N[C@@H](CCCCN)C(N)=O)NC(=O)CNC1=O. The molecule has 29 nitrogen and oxygen atoms in total. The molecule has 1 heterocycles. The standard InChI is InChI=1S/C48H86N16O13S3/c1-25(2)19-32-46(75)60-30(13-17-78-5)42(71)54-22-38(67)57-35(48(77)63-33(20-36(52)65)47(76)61-31(14-18-79-6)45(74)58-28(39(53)68)11-7-9-15-49)24-80-23-34(43(72)55-21-37(66)56-27(4)41(70)62-32)64-44(73)29(12-8-10-16-50)59-40(69)26(3)51/h25-35H,7-24,49-51H2,1-6H3,(H2,52,65)(H2,53,68)(H,54,71)(H,55,72)(H,56,66)(H,57,67)(H,58,74)(H,59,69)(H,60,75)(H,61,76)(H,62,70)(H,63,77)(H,64,73)/t26-,27-,28-,29-,30-,31-,32-,33-,34+,35-/m0/s1. The lowest BCUT2D eigenvalue weighted by atomic mass is 10.0. The number of hydrogen-bond acceptors (Lipinski definition) is 19. The molecule has 1 aliphatic heterocycles. The van der Waals surface area contributed by atoms with Gasteiger partial charge in [-0.3, -0.25) is 62.3 Å². The first-order valence-corrected chi connectivity index (χ1v) is 30.3. The van der Waals surface area contributed by atoms with Crippen molar-refractivity contribution in [3.63, 3.8) is 0 Å². The summed E-state index contributed by atoms with van der Waals surface area (Å²) in [5, 5.41) is 27.5. The van der Waals surface area contributed by atoms with Gasteiger partial charge in [-0.1, -0.05) is 13.8 Å². The summed E-state index contributed by atoms with van der Waals surface area (Å²) >= 11 is 3.49. The summed E-state index contributed by atoms with van der Waals surface area (Å²) in [6, 6.07) is -13.4. The third-order valence-corrected chi connectivity index (χ3v) is 14.4. The van der Waals surface area contributed by atoms with Crippen LogP contribution in [-0.2, 0) is 62.3 Å². The van der Waals surface area contributed by atoms with E-state index < -0.39 is 168 Å². The van der Waals surface area contributed by atoms with E-state index in [9.17, 15) is 62.3 Å². The molecule has 1 fully saturated rings. The van der Waals surface area contributed by atoms with Crippen LogP contribution in [0.1, 0.15) is 91.9 Å². The highest BCUT2D eigenvalue weighted by atomic mass is 32.2. The Balaban J connectivity index is 3.88. The largest absolute Gasteiger partial charge is 0.370 e. The minimum Gasteiger partial charge on any atom is -0.370 e. The van der Waals surface area contributed by atoms with Crippen molar-refractivity contribution in [3.8, 4) is 0 Å². The fraction of sp³-hybridized carbons (Fsp3) is 0.729. The Labute approximate surface area is 479 Å². The summed E-state index contributed by atoms with van der Waals surface area (Å²) in [6.45, 7) is 5.39. The molecule has 1 aliphatic rings. The molecule has 80 heavy (non-hydrogen) atoms. The van der Waals surface area contributed by atoms with Crippen LogP contribution in [0.15, 0.2) is 0 Å². The summed E-state index contributed by atoms with van der Waals surface area (Å²) in [5.41, 5.74) is 28.1. The van der Waals surface area contributed by atoms with Gasteiger partial charge in [0.15, 0.2) is 0 Å². The molecule has 0 aromatic carbocycles. The van der Waals surface area contributed by atoms with Gasteiger partial charge >= 0.3 is 0 Å². The van der Waals surface area contributed by atoms with Crippen molar-refractivity contribution in [2.24, 2.45) is 34.6 Å². The molecule has 1 rings (SSSR count). The predicted octanol–water partition coefficient (Wildman–Crippen LogP) is -6.13. The van der Waals surface area contributed by atoms with E-state index in [0.717, 1.165) is 11.8 Å². The fourth-order valence-electron chi connectivity index (χ4n) is 7.48.